The molecule has 1 amide bonds. The highest BCUT2D eigenvalue weighted by Crippen LogP contribution is 2.31. The fourth-order valence-electron chi connectivity index (χ4n) is 3.54. The average Bonchev–Trinajstić information content (AvgIpc) is 2.63. The van der Waals surface area contributed by atoms with E-state index in [-0.39, 0.29) is 24.2 Å². The van der Waals surface area contributed by atoms with Gasteiger partial charge >= 0.3 is 0 Å². The average molecular weight is 342 g/mol. The largest absolute Gasteiger partial charge is 0.345 e. The van der Waals surface area contributed by atoms with Crippen LogP contribution in [0.5, 0.6) is 0 Å². The lowest BCUT2D eigenvalue weighted by molar-refractivity contribution is -0.136. The summed E-state index contributed by atoms with van der Waals surface area (Å²) in [5, 5.41) is 3.52. The van der Waals surface area contributed by atoms with Crippen molar-refractivity contribution < 1.29 is 4.79 Å². The highest BCUT2D eigenvalue weighted by atomic mass is 16.2. The van der Waals surface area contributed by atoms with E-state index >= 15 is 0 Å². The van der Waals surface area contributed by atoms with Gasteiger partial charge < -0.3 is 20.9 Å². The molecule has 7 nitrogen and oxygen atoms in total. The van der Waals surface area contributed by atoms with Gasteiger partial charge in [-0.25, -0.2) is 0 Å². The number of nitrogens with two attached hydrogens (primary N) is 1. The lowest BCUT2D eigenvalue weighted by Crippen LogP contribution is -2.58. The molecule has 2 aliphatic heterocycles. The molecule has 0 saturated heterocycles. The van der Waals surface area contributed by atoms with E-state index in [9.17, 15) is 4.79 Å². The third-order valence-corrected chi connectivity index (χ3v) is 4.83. The number of hydrogen-bond acceptors (Lipinski definition) is 6. The van der Waals surface area contributed by atoms with Crippen LogP contribution in [0.1, 0.15) is 44.5 Å². The van der Waals surface area contributed by atoms with Gasteiger partial charge in [0.2, 0.25) is 5.91 Å². The zero-order valence-electron chi connectivity index (χ0n) is 15.2. The standard InChI is InChI=1S/C18H26N6O/c1-5-14-18(25)23(4)15-10-21-16(22-17(15)24(14)11(2)3)13-6-7-20-9-12(13)8-19/h6-7,9-11,14,16,22H,5,8,19H2,1-4H3. The summed E-state index contributed by atoms with van der Waals surface area (Å²) in [6.45, 7) is 6.66. The van der Waals surface area contributed by atoms with Gasteiger partial charge in [0.25, 0.3) is 0 Å². The normalized spacial score (nSPS) is 23.2. The summed E-state index contributed by atoms with van der Waals surface area (Å²) >= 11 is 0. The molecule has 134 valence electrons. The first-order valence-electron chi connectivity index (χ1n) is 8.72. The fourth-order valence-corrected chi connectivity index (χ4v) is 3.54. The van der Waals surface area contributed by atoms with E-state index in [0.29, 0.717) is 6.54 Å². The molecule has 2 unspecified atom stereocenters. The van der Waals surface area contributed by atoms with E-state index in [2.05, 4.69) is 34.0 Å². The van der Waals surface area contributed by atoms with Crippen molar-refractivity contribution in [1.82, 2.24) is 20.1 Å². The number of aliphatic imine (C=N–C) groups is 1. The van der Waals surface area contributed by atoms with Crippen LogP contribution in [-0.4, -0.2) is 46.0 Å². The number of likely N-dealkylation sites (N-methyl/N-ethyl adjacent to an activating group) is 1. The molecule has 0 bridgehead atoms. The van der Waals surface area contributed by atoms with E-state index in [4.69, 9.17) is 5.73 Å². The van der Waals surface area contributed by atoms with Crippen LogP contribution in [0.3, 0.4) is 0 Å². The predicted octanol–water partition coefficient (Wildman–Crippen LogP) is 1.34. The fraction of sp³-hybridized carbons (Fsp3) is 0.500. The van der Waals surface area contributed by atoms with Gasteiger partial charge in [0.05, 0.1) is 6.21 Å². The molecular weight excluding hydrogens is 316 g/mol. The van der Waals surface area contributed by atoms with Crippen LogP contribution < -0.4 is 11.1 Å². The van der Waals surface area contributed by atoms with Crippen LogP contribution in [0.2, 0.25) is 0 Å². The third-order valence-electron chi connectivity index (χ3n) is 4.83. The number of nitrogens with one attached hydrogen (secondary N) is 1. The number of rotatable bonds is 4. The Morgan fingerprint density at radius 2 is 2.16 bits per heavy atom. The summed E-state index contributed by atoms with van der Waals surface area (Å²) in [4.78, 5) is 25.4. The van der Waals surface area contributed by atoms with E-state index < -0.39 is 0 Å². The predicted molar refractivity (Wildman–Crippen MR) is 97.3 cm³/mol. The molecule has 2 atom stereocenters. The van der Waals surface area contributed by atoms with Crippen LogP contribution in [0.15, 0.2) is 35.0 Å². The summed E-state index contributed by atoms with van der Waals surface area (Å²) in [6, 6.07) is 1.96. The van der Waals surface area contributed by atoms with Gasteiger partial charge in [-0.1, -0.05) is 6.92 Å². The molecule has 0 aliphatic carbocycles. The molecule has 2 aliphatic rings. The summed E-state index contributed by atoms with van der Waals surface area (Å²) in [6.07, 6.45) is 5.84. The Bertz CT molecular complexity index is 726. The van der Waals surface area contributed by atoms with Crippen molar-refractivity contribution in [2.24, 2.45) is 10.7 Å². The Balaban J connectivity index is 2.02. The number of hydrogen-bond donors (Lipinski definition) is 2. The second-order valence-electron chi connectivity index (χ2n) is 6.66. The summed E-state index contributed by atoms with van der Waals surface area (Å²) in [5.74, 6) is 1.05. The number of nitrogens with zero attached hydrogens (tertiary/aromatic N) is 4. The van der Waals surface area contributed by atoms with Gasteiger partial charge in [0, 0.05) is 37.6 Å². The van der Waals surface area contributed by atoms with E-state index in [1.807, 2.05) is 20.0 Å². The topological polar surface area (TPSA) is 86.8 Å². The number of aromatic nitrogens is 1. The maximum absolute atomic E-state index is 12.7. The van der Waals surface area contributed by atoms with E-state index in [0.717, 1.165) is 29.1 Å². The molecule has 0 spiro atoms. The van der Waals surface area contributed by atoms with Crippen molar-refractivity contribution in [1.29, 1.82) is 0 Å². The minimum atomic E-state index is -0.236. The molecule has 0 saturated carbocycles. The summed E-state index contributed by atoms with van der Waals surface area (Å²) in [7, 11) is 1.81. The molecule has 0 aromatic carbocycles. The minimum Gasteiger partial charge on any atom is -0.345 e. The van der Waals surface area contributed by atoms with E-state index in [1.165, 1.54) is 0 Å². The Hall–Kier alpha value is -2.41. The van der Waals surface area contributed by atoms with Crippen LogP contribution >= 0.6 is 0 Å². The SMILES string of the molecule is CCC1C(=O)N(C)C2=C(NC(c3ccncc3CN)N=C2)N1C(C)C. The highest BCUT2D eigenvalue weighted by Gasteiger charge is 2.40. The number of carbonyl (C=O) groups is 1. The molecule has 7 heteroatoms. The number of carbonyl (C=O) groups excluding carboxylic acids is 1. The number of pyridine rings is 1. The third kappa shape index (κ3) is 2.89. The van der Waals surface area contributed by atoms with Crippen molar-refractivity contribution >= 4 is 12.1 Å². The molecule has 25 heavy (non-hydrogen) atoms. The maximum Gasteiger partial charge on any atom is 0.249 e. The zero-order chi connectivity index (χ0) is 18.1. The first kappa shape index (κ1) is 17.4. The van der Waals surface area contributed by atoms with Crippen molar-refractivity contribution in [3.63, 3.8) is 0 Å². The van der Waals surface area contributed by atoms with Crippen LogP contribution in [0, 0.1) is 0 Å². The summed E-state index contributed by atoms with van der Waals surface area (Å²) in [5.41, 5.74) is 8.64. The van der Waals surface area contributed by atoms with Crippen LogP contribution in [0.4, 0.5) is 0 Å². The molecule has 3 heterocycles. The monoisotopic (exact) mass is 342 g/mol. The minimum absolute atomic E-state index is 0.105. The maximum atomic E-state index is 12.7. The van der Waals surface area contributed by atoms with Gasteiger partial charge in [-0.3, -0.25) is 14.8 Å². The first-order chi connectivity index (χ1) is 12.0. The zero-order valence-corrected chi connectivity index (χ0v) is 15.2. The van der Waals surface area contributed by atoms with Crippen molar-refractivity contribution in [2.75, 3.05) is 7.05 Å². The Morgan fingerprint density at radius 1 is 1.40 bits per heavy atom. The first-order valence-corrected chi connectivity index (χ1v) is 8.72. The van der Waals surface area contributed by atoms with Crippen molar-refractivity contribution in [2.45, 2.75) is 52.0 Å². The van der Waals surface area contributed by atoms with Crippen molar-refractivity contribution in [3.05, 3.63) is 41.1 Å². The molecule has 0 radical (unpaired) electrons. The van der Waals surface area contributed by atoms with E-state index in [1.54, 1.807) is 23.5 Å². The molecule has 0 fully saturated rings. The smallest absolute Gasteiger partial charge is 0.249 e. The molecule has 1 aromatic rings. The highest BCUT2D eigenvalue weighted by molar-refractivity contribution is 5.93. The van der Waals surface area contributed by atoms with Gasteiger partial charge in [-0.15, -0.1) is 0 Å². The molecule has 3 rings (SSSR count). The Labute approximate surface area is 148 Å². The van der Waals surface area contributed by atoms with Crippen molar-refractivity contribution in [3.8, 4) is 0 Å². The Morgan fingerprint density at radius 3 is 2.80 bits per heavy atom. The quantitative estimate of drug-likeness (QED) is 0.862. The lowest BCUT2D eigenvalue weighted by Gasteiger charge is -2.46. The van der Waals surface area contributed by atoms with Crippen LogP contribution in [0.25, 0.3) is 0 Å². The van der Waals surface area contributed by atoms with Gasteiger partial charge in [-0.05, 0) is 31.9 Å². The molecule has 1 aromatic heterocycles. The second-order valence-corrected chi connectivity index (χ2v) is 6.66. The van der Waals surface area contributed by atoms with Gasteiger partial charge in [0.15, 0.2) is 0 Å². The van der Waals surface area contributed by atoms with Crippen LogP contribution in [-0.2, 0) is 11.3 Å². The van der Waals surface area contributed by atoms with Gasteiger partial charge in [0.1, 0.15) is 23.7 Å². The van der Waals surface area contributed by atoms with Gasteiger partial charge in [-0.2, -0.15) is 0 Å². The molecular formula is C18H26N6O. The lowest BCUT2D eigenvalue weighted by atomic mass is 10.0. The summed E-state index contributed by atoms with van der Waals surface area (Å²) < 4.78 is 0. The molecule has 3 N–H and O–H groups in total. The number of allylic oxidation sites excluding steroid dienone is 1. The second kappa shape index (κ2) is 6.84. The number of amides is 1. The Kier molecular flexibility index (Phi) is 4.76.